The topological polar surface area (TPSA) is 37.4 Å². The third-order valence-corrected chi connectivity index (χ3v) is 4.38. The Hall–Kier alpha value is -0.370. The van der Waals surface area contributed by atoms with Gasteiger partial charge in [-0.05, 0) is 11.8 Å². The second-order valence-corrected chi connectivity index (χ2v) is 6.56. The van der Waals surface area contributed by atoms with Crippen molar-refractivity contribution in [2.45, 2.75) is 31.9 Å². The van der Waals surface area contributed by atoms with E-state index in [-0.39, 0.29) is 16.8 Å². The Balaban J connectivity index is 2.95. The summed E-state index contributed by atoms with van der Waals surface area (Å²) in [5.41, 5.74) is 0. The average Bonchev–Trinajstić information content (AvgIpc) is 2.14. The lowest BCUT2D eigenvalue weighted by molar-refractivity contribution is -0.0716. The van der Waals surface area contributed by atoms with E-state index in [4.69, 9.17) is 0 Å². The second-order valence-electron chi connectivity index (χ2n) is 4.66. The zero-order valence-corrected chi connectivity index (χ0v) is 10.4. The molecule has 0 amide bonds. The standard InChI is InChI=1S/C9H15F4NO2S/c1-6(2)7-3-9(12,13)5-14(4-7)17(15,16)8(10)11/h6-8H,3-5H2,1-2H3. The Kier molecular flexibility index (Phi) is 4.08. The predicted octanol–water partition coefficient (Wildman–Crippen LogP) is 2.15. The van der Waals surface area contributed by atoms with Gasteiger partial charge < -0.3 is 0 Å². The molecule has 1 saturated heterocycles. The van der Waals surface area contributed by atoms with Crippen LogP contribution >= 0.6 is 0 Å². The van der Waals surface area contributed by atoms with E-state index in [2.05, 4.69) is 0 Å². The van der Waals surface area contributed by atoms with Crippen molar-refractivity contribution in [3.63, 3.8) is 0 Å². The van der Waals surface area contributed by atoms with Crippen molar-refractivity contribution >= 4 is 10.0 Å². The third-order valence-electron chi connectivity index (χ3n) is 2.93. The van der Waals surface area contributed by atoms with Crippen molar-refractivity contribution in [2.24, 2.45) is 11.8 Å². The lowest BCUT2D eigenvalue weighted by Crippen LogP contribution is -2.51. The van der Waals surface area contributed by atoms with Crippen LogP contribution in [0.15, 0.2) is 0 Å². The molecule has 1 rings (SSSR count). The first-order valence-corrected chi connectivity index (χ1v) is 6.71. The van der Waals surface area contributed by atoms with Gasteiger partial charge in [-0.15, -0.1) is 0 Å². The molecule has 0 N–H and O–H groups in total. The van der Waals surface area contributed by atoms with Crippen LogP contribution in [0.1, 0.15) is 20.3 Å². The summed E-state index contributed by atoms with van der Waals surface area (Å²) in [5, 5.41) is 0. The van der Waals surface area contributed by atoms with Gasteiger partial charge in [-0.1, -0.05) is 13.8 Å². The van der Waals surface area contributed by atoms with Gasteiger partial charge in [0, 0.05) is 13.0 Å². The minimum Gasteiger partial charge on any atom is -0.206 e. The van der Waals surface area contributed by atoms with Crippen LogP contribution in [-0.2, 0) is 10.0 Å². The van der Waals surface area contributed by atoms with Crippen LogP contribution in [0, 0.1) is 11.8 Å². The van der Waals surface area contributed by atoms with E-state index in [0.29, 0.717) is 0 Å². The van der Waals surface area contributed by atoms with E-state index in [1.807, 2.05) is 0 Å². The summed E-state index contributed by atoms with van der Waals surface area (Å²) in [4.78, 5) is 0. The fraction of sp³-hybridized carbons (Fsp3) is 1.00. The fourth-order valence-corrected chi connectivity index (χ4v) is 2.84. The molecule has 1 aliphatic heterocycles. The molecule has 0 radical (unpaired) electrons. The first-order valence-electron chi connectivity index (χ1n) is 5.21. The molecular formula is C9H15F4NO2S. The SMILES string of the molecule is CC(C)C1CN(S(=O)(=O)C(F)F)CC(F)(F)C1. The number of nitrogens with zero attached hydrogens (tertiary/aromatic N) is 1. The van der Waals surface area contributed by atoms with Crippen molar-refractivity contribution in [3.05, 3.63) is 0 Å². The Morgan fingerprint density at radius 1 is 1.29 bits per heavy atom. The summed E-state index contributed by atoms with van der Waals surface area (Å²) < 4.78 is 73.8. The van der Waals surface area contributed by atoms with Crippen molar-refractivity contribution in [1.82, 2.24) is 4.31 Å². The molecule has 8 heteroatoms. The van der Waals surface area contributed by atoms with E-state index < -0.39 is 40.6 Å². The molecule has 1 unspecified atom stereocenters. The smallest absolute Gasteiger partial charge is 0.206 e. The largest absolute Gasteiger partial charge is 0.350 e. The zero-order valence-electron chi connectivity index (χ0n) is 9.54. The molecule has 0 saturated carbocycles. The summed E-state index contributed by atoms with van der Waals surface area (Å²) >= 11 is 0. The van der Waals surface area contributed by atoms with Gasteiger partial charge in [-0.3, -0.25) is 0 Å². The molecular weight excluding hydrogens is 262 g/mol. The molecule has 3 nitrogen and oxygen atoms in total. The minimum absolute atomic E-state index is 0.184. The maximum Gasteiger partial charge on any atom is 0.350 e. The van der Waals surface area contributed by atoms with Gasteiger partial charge in [-0.2, -0.15) is 13.1 Å². The van der Waals surface area contributed by atoms with Crippen LogP contribution in [0.5, 0.6) is 0 Å². The molecule has 0 aromatic rings. The highest BCUT2D eigenvalue weighted by atomic mass is 32.2. The normalized spacial score (nSPS) is 26.7. The highest BCUT2D eigenvalue weighted by Crippen LogP contribution is 2.36. The molecule has 1 aliphatic rings. The number of hydrogen-bond acceptors (Lipinski definition) is 2. The number of alkyl halides is 4. The number of piperidine rings is 1. The molecule has 1 heterocycles. The second kappa shape index (κ2) is 4.72. The van der Waals surface area contributed by atoms with E-state index in [0.717, 1.165) is 0 Å². The van der Waals surface area contributed by atoms with Crippen LogP contribution in [0.3, 0.4) is 0 Å². The molecule has 17 heavy (non-hydrogen) atoms. The summed E-state index contributed by atoms with van der Waals surface area (Å²) in [6.45, 7) is 1.92. The van der Waals surface area contributed by atoms with Gasteiger partial charge in [0.25, 0.3) is 15.9 Å². The number of rotatable bonds is 3. The molecule has 1 fully saturated rings. The average molecular weight is 277 g/mol. The summed E-state index contributed by atoms with van der Waals surface area (Å²) in [7, 11) is -4.92. The lowest BCUT2D eigenvalue weighted by atomic mass is 9.87. The van der Waals surface area contributed by atoms with E-state index >= 15 is 0 Å². The van der Waals surface area contributed by atoms with Crippen LogP contribution in [0.25, 0.3) is 0 Å². The predicted molar refractivity (Wildman–Crippen MR) is 54.4 cm³/mol. The molecule has 102 valence electrons. The summed E-state index contributed by atoms with van der Waals surface area (Å²) in [6, 6.07) is 0. The Morgan fingerprint density at radius 3 is 2.24 bits per heavy atom. The number of halogens is 4. The minimum atomic E-state index is -4.92. The fourth-order valence-electron chi connectivity index (χ4n) is 1.85. The van der Waals surface area contributed by atoms with Crippen LogP contribution < -0.4 is 0 Å². The van der Waals surface area contributed by atoms with Crippen molar-refractivity contribution in [2.75, 3.05) is 13.1 Å². The Labute approximate surface area is 97.8 Å². The monoisotopic (exact) mass is 277 g/mol. The summed E-state index contributed by atoms with van der Waals surface area (Å²) in [6.07, 6.45) is -0.458. The van der Waals surface area contributed by atoms with Crippen LogP contribution in [-0.4, -0.2) is 37.5 Å². The van der Waals surface area contributed by atoms with Crippen LogP contribution in [0.2, 0.25) is 0 Å². The van der Waals surface area contributed by atoms with E-state index in [9.17, 15) is 26.0 Å². The summed E-state index contributed by atoms with van der Waals surface area (Å²) in [5.74, 6) is -7.68. The molecule has 1 atom stereocenters. The Morgan fingerprint density at radius 2 is 1.82 bits per heavy atom. The van der Waals surface area contributed by atoms with Gasteiger partial charge in [-0.25, -0.2) is 17.2 Å². The van der Waals surface area contributed by atoms with Crippen molar-refractivity contribution in [3.8, 4) is 0 Å². The number of hydrogen-bond donors (Lipinski definition) is 0. The molecule has 0 aliphatic carbocycles. The molecule has 0 aromatic carbocycles. The molecule has 0 aromatic heterocycles. The van der Waals surface area contributed by atoms with Crippen molar-refractivity contribution in [1.29, 1.82) is 0 Å². The Bertz CT molecular complexity index is 369. The first-order chi connectivity index (χ1) is 7.56. The van der Waals surface area contributed by atoms with Gasteiger partial charge in [0.2, 0.25) is 0 Å². The van der Waals surface area contributed by atoms with Gasteiger partial charge in [0.1, 0.15) is 0 Å². The lowest BCUT2D eigenvalue weighted by Gasteiger charge is -2.38. The maximum atomic E-state index is 13.3. The number of sulfonamides is 1. The molecule has 0 spiro atoms. The quantitative estimate of drug-likeness (QED) is 0.741. The van der Waals surface area contributed by atoms with Gasteiger partial charge in [0.05, 0.1) is 6.54 Å². The van der Waals surface area contributed by atoms with Crippen LogP contribution in [0.4, 0.5) is 17.6 Å². The van der Waals surface area contributed by atoms with E-state index in [1.54, 1.807) is 13.8 Å². The van der Waals surface area contributed by atoms with Gasteiger partial charge in [0.15, 0.2) is 0 Å². The van der Waals surface area contributed by atoms with Gasteiger partial charge >= 0.3 is 5.76 Å². The third kappa shape index (κ3) is 3.31. The van der Waals surface area contributed by atoms with E-state index in [1.165, 1.54) is 0 Å². The first kappa shape index (κ1) is 14.7. The zero-order chi connectivity index (χ0) is 13.4. The van der Waals surface area contributed by atoms with Crippen molar-refractivity contribution < 1.29 is 26.0 Å². The highest BCUT2D eigenvalue weighted by molar-refractivity contribution is 7.89. The maximum absolute atomic E-state index is 13.3. The highest BCUT2D eigenvalue weighted by Gasteiger charge is 2.47. The molecule has 0 bridgehead atoms.